The molecule has 0 aliphatic heterocycles. The second-order valence-corrected chi connectivity index (χ2v) is 7.07. The number of carbonyl (C=O) groups excluding carboxylic acids is 1. The number of hydrogen-bond acceptors (Lipinski definition) is 8. The number of carbonyl (C=O) groups is 2. The fraction of sp³-hybridized carbons (Fsp3) is 0.462. The van der Waals surface area contributed by atoms with Crippen LogP contribution in [0.4, 0.5) is 4.79 Å². The summed E-state index contributed by atoms with van der Waals surface area (Å²) in [5, 5.41) is 18.8. The first-order valence-electron chi connectivity index (χ1n) is 6.68. The van der Waals surface area contributed by atoms with Gasteiger partial charge in [0.1, 0.15) is 10.6 Å². The lowest BCUT2D eigenvalue weighted by molar-refractivity contribution is -0.498. The minimum atomic E-state index is -1.86. The summed E-state index contributed by atoms with van der Waals surface area (Å²) in [6.45, 7) is 4.78. The molecule has 2 atom stereocenters. The number of nitrogens with zero attached hydrogens (tertiary/aromatic N) is 3. The molecule has 1 aromatic rings. The normalized spacial score (nSPS) is 13.7. The van der Waals surface area contributed by atoms with Crippen molar-refractivity contribution in [3.8, 4) is 0 Å². The molecule has 0 saturated carbocycles. The van der Waals surface area contributed by atoms with Gasteiger partial charge in [0.15, 0.2) is 0 Å². The van der Waals surface area contributed by atoms with Crippen LogP contribution in [0.3, 0.4) is 0 Å². The molecule has 1 unspecified atom stereocenters. The Hall–Kier alpha value is -2.01. The Balaban J connectivity index is 3.21. The highest BCUT2D eigenvalue weighted by atomic mass is 32.2. The van der Waals surface area contributed by atoms with E-state index in [0.717, 1.165) is 0 Å². The maximum Gasteiger partial charge on any atom is 0.421 e. The van der Waals surface area contributed by atoms with Gasteiger partial charge in [-0.2, -0.15) is 0 Å². The van der Waals surface area contributed by atoms with Crippen molar-refractivity contribution in [1.82, 2.24) is 9.29 Å². The third kappa shape index (κ3) is 5.89. The van der Waals surface area contributed by atoms with Crippen molar-refractivity contribution in [2.45, 2.75) is 42.8 Å². The van der Waals surface area contributed by atoms with E-state index in [1.807, 2.05) is 0 Å². The molecule has 0 aromatic carbocycles. The molecule has 1 aromatic heterocycles. The van der Waals surface area contributed by atoms with E-state index in [2.05, 4.69) is 17.6 Å². The molecule has 1 amide bonds. The van der Waals surface area contributed by atoms with Gasteiger partial charge in [0.2, 0.25) is 6.04 Å². The van der Waals surface area contributed by atoms with Crippen molar-refractivity contribution in [3.63, 3.8) is 0 Å². The van der Waals surface area contributed by atoms with E-state index >= 15 is 0 Å². The highest BCUT2D eigenvalue weighted by Crippen LogP contribution is 2.28. The summed E-state index contributed by atoms with van der Waals surface area (Å²) in [7, 11) is 0. The molecule has 0 bridgehead atoms. The number of thiol groups is 1. The zero-order chi connectivity index (χ0) is 18.5. The number of nitro groups is 1. The number of pyridine rings is 1. The fourth-order valence-electron chi connectivity index (χ4n) is 1.48. The van der Waals surface area contributed by atoms with E-state index in [-0.39, 0.29) is 5.03 Å². The van der Waals surface area contributed by atoms with E-state index < -0.39 is 34.0 Å². The molecule has 1 rings (SSSR count). The zero-order valence-electron chi connectivity index (χ0n) is 13.1. The van der Waals surface area contributed by atoms with Gasteiger partial charge < -0.3 is 9.84 Å². The lowest BCUT2D eigenvalue weighted by Gasteiger charge is -2.29. The molecule has 0 spiro atoms. The standard InChI is InChI=1S/C13H17N3O6S2/c1-13(2,3)22-12(19)15(24-8-6-4-5-7-14-8)9(11(17)18)10(23)16(20)21/h4-7,9-10,23H,1-3H3,(H,17,18)/t9-,10?/m0/s1. The Bertz CT molecular complexity index is 607. The molecule has 132 valence electrons. The largest absolute Gasteiger partial charge is 0.479 e. The van der Waals surface area contributed by atoms with E-state index in [0.29, 0.717) is 16.3 Å². The molecule has 11 heteroatoms. The average Bonchev–Trinajstić information content (AvgIpc) is 2.45. The van der Waals surface area contributed by atoms with Gasteiger partial charge in [0.05, 0.1) is 0 Å². The number of hydrogen-bond donors (Lipinski definition) is 2. The molecule has 1 heterocycles. The molecule has 9 nitrogen and oxygen atoms in total. The van der Waals surface area contributed by atoms with Crippen molar-refractivity contribution in [2.75, 3.05) is 0 Å². The van der Waals surface area contributed by atoms with Gasteiger partial charge in [-0.25, -0.2) is 18.9 Å². The first-order chi connectivity index (χ1) is 11.0. The molecule has 0 fully saturated rings. The summed E-state index contributed by atoms with van der Waals surface area (Å²) in [5.74, 6) is -1.58. The molecule has 24 heavy (non-hydrogen) atoms. The van der Waals surface area contributed by atoms with Crippen molar-refractivity contribution in [3.05, 3.63) is 34.5 Å². The van der Waals surface area contributed by atoms with Crippen LogP contribution in [0.2, 0.25) is 0 Å². The van der Waals surface area contributed by atoms with Crippen molar-refractivity contribution < 1.29 is 24.4 Å². The quantitative estimate of drug-likeness (QED) is 0.255. The predicted octanol–water partition coefficient (Wildman–Crippen LogP) is 2.31. The summed E-state index contributed by atoms with van der Waals surface area (Å²) in [4.78, 5) is 37.9. The summed E-state index contributed by atoms with van der Waals surface area (Å²) in [6.07, 6.45) is 0.406. The lowest BCUT2D eigenvalue weighted by atomic mass is 10.2. The number of rotatable bonds is 6. The average molecular weight is 375 g/mol. The highest BCUT2D eigenvalue weighted by molar-refractivity contribution is 7.97. The third-order valence-electron chi connectivity index (χ3n) is 2.41. The summed E-state index contributed by atoms with van der Waals surface area (Å²) in [6, 6.07) is 2.94. The van der Waals surface area contributed by atoms with Crippen LogP contribution in [0.15, 0.2) is 29.4 Å². The van der Waals surface area contributed by atoms with E-state index in [1.165, 1.54) is 12.3 Å². The Morgan fingerprint density at radius 3 is 2.50 bits per heavy atom. The number of carboxylic acid groups (broad SMARTS) is 1. The Kier molecular flexibility index (Phi) is 6.84. The maximum atomic E-state index is 12.4. The van der Waals surface area contributed by atoms with Crippen LogP contribution in [0.5, 0.6) is 0 Å². The van der Waals surface area contributed by atoms with Gasteiger partial charge in [-0.15, -0.1) is 0 Å². The molecular formula is C13H17N3O6S2. The van der Waals surface area contributed by atoms with E-state index in [1.54, 1.807) is 32.9 Å². The first-order valence-corrected chi connectivity index (χ1v) is 7.97. The first kappa shape index (κ1) is 20.0. The van der Waals surface area contributed by atoms with Gasteiger partial charge in [0, 0.05) is 23.1 Å². The van der Waals surface area contributed by atoms with E-state index in [9.17, 15) is 24.8 Å². The molecular weight excluding hydrogens is 358 g/mol. The Labute approximate surface area is 148 Å². The topological polar surface area (TPSA) is 123 Å². The second kappa shape index (κ2) is 8.20. The summed E-state index contributed by atoms with van der Waals surface area (Å²) in [5.41, 5.74) is -0.913. The summed E-state index contributed by atoms with van der Waals surface area (Å²) >= 11 is 4.34. The van der Waals surface area contributed by atoms with Crippen LogP contribution in [0.25, 0.3) is 0 Å². The minimum absolute atomic E-state index is 0.276. The number of carboxylic acids is 1. The van der Waals surface area contributed by atoms with Crippen molar-refractivity contribution in [1.29, 1.82) is 0 Å². The van der Waals surface area contributed by atoms with Crippen molar-refractivity contribution >= 4 is 36.6 Å². The van der Waals surface area contributed by atoms with Crippen LogP contribution >= 0.6 is 24.6 Å². The van der Waals surface area contributed by atoms with Crippen LogP contribution in [0.1, 0.15) is 20.8 Å². The monoisotopic (exact) mass is 375 g/mol. The van der Waals surface area contributed by atoms with Crippen LogP contribution in [-0.2, 0) is 9.53 Å². The highest BCUT2D eigenvalue weighted by Gasteiger charge is 2.44. The molecule has 0 saturated heterocycles. The molecule has 0 aliphatic carbocycles. The Morgan fingerprint density at radius 2 is 2.08 bits per heavy atom. The Morgan fingerprint density at radius 1 is 1.46 bits per heavy atom. The van der Waals surface area contributed by atoms with Crippen LogP contribution in [-0.4, -0.2) is 48.4 Å². The van der Waals surface area contributed by atoms with Crippen molar-refractivity contribution in [2.24, 2.45) is 0 Å². The van der Waals surface area contributed by atoms with Gasteiger partial charge in [-0.1, -0.05) is 18.7 Å². The third-order valence-corrected chi connectivity index (χ3v) is 3.88. The van der Waals surface area contributed by atoms with Gasteiger partial charge in [-0.3, -0.25) is 10.1 Å². The SMILES string of the molecule is CC(C)(C)OC(=O)N(Sc1ccccn1)[C@H](C(=O)O)C(S)[N+](=O)[O-]. The van der Waals surface area contributed by atoms with Crippen LogP contribution in [0, 0.1) is 10.1 Å². The second-order valence-electron chi connectivity index (χ2n) is 5.55. The van der Waals surface area contributed by atoms with Gasteiger partial charge in [-0.05, 0) is 32.9 Å². The molecule has 0 aliphatic rings. The van der Waals surface area contributed by atoms with Gasteiger partial charge in [0.25, 0.3) is 5.37 Å². The number of aromatic nitrogens is 1. The number of amides is 1. The van der Waals surface area contributed by atoms with Crippen LogP contribution < -0.4 is 0 Å². The fourth-order valence-corrected chi connectivity index (χ4v) is 2.71. The molecule has 1 N–H and O–H groups in total. The number of aliphatic carboxylic acids is 1. The summed E-state index contributed by atoms with van der Waals surface area (Å²) < 4.78 is 5.81. The maximum absolute atomic E-state index is 12.4. The number of ether oxygens (including phenoxy) is 1. The van der Waals surface area contributed by atoms with E-state index in [4.69, 9.17) is 4.74 Å². The minimum Gasteiger partial charge on any atom is -0.479 e. The zero-order valence-corrected chi connectivity index (χ0v) is 14.9. The smallest absolute Gasteiger partial charge is 0.421 e. The lowest BCUT2D eigenvalue weighted by Crippen LogP contribution is -2.50. The van der Waals surface area contributed by atoms with Gasteiger partial charge >= 0.3 is 12.1 Å². The molecule has 0 radical (unpaired) electrons. The predicted molar refractivity (Wildman–Crippen MR) is 89.4 cm³/mol.